The molecule has 0 bridgehead atoms. The highest BCUT2D eigenvalue weighted by Gasteiger charge is 2.10. The summed E-state index contributed by atoms with van der Waals surface area (Å²) in [6, 6.07) is 7.10. The molecule has 3 rings (SSSR count). The molecule has 0 spiro atoms. The third-order valence-electron chi connectivity index (χ3n) is 3.97. The molecule has 0 fully saturated rings. The summed E-state index contributed by atoms with van der Waals surface area (Å²) in [5, 5.41) is 7.42. The Labute approximate surface area is 145 Å². The molecular weight excluding hydrogens is 323 g/mol. The lowest BCUT2D eigenvalue weighted by Crippen LogP contribution is -2.17. The second-order valence-electron chi connectivity index (χ2n) is 5.69. The van der Waals surface area contributed by atoms with Gasteiger partial charge < -0.3 is 15.0 Å². The van der Waals surface area contributed by atoms with E-state index >= 15 is 0 Å². The number of halogens is 1. The first kappa shape index (κ1) is 17.1. The van der Waals surface area contributed by atoms with Gasteiger partial charge in [-0.2, -0.15) is 14.6 Å². The Morgan fingerprint density at radius 2 is 2.16 bits per heavy atom. The molecule has 3 aromatic rings. The predicted molar refractivity (Wildman–Crippen MR) is 94.2 cm³/mol. The number of rotatable bonds is 7. The van der Waals surface area contributed by atoms with Crippen LogP contribution in [0, 0.1) is 5.82 Å². The number of hydrogen-bond acceptors (Lipinski definition) is 6. The van der Waals surface area contributed by atoms with Crippen molar-refractivity contribution in [2.24, 2.45) is 0 Å². The Morgan fingerprint density at radius 3 is 2.88 bits per heavy atom. The van der Waals surface area contributed by atoms with E-state index in [4.69, 9.17) is 4.74 Å². The summed E-state index contributed by atoms with van der Waals surface area (Å²) < 4.78 is 21.0. The number of nitrogens with zero attached hydrogens (tertiary/aromatic N) is 5. The smallest absolute Gasteiger partial charge is 0.254 e. The summed E-state index contributed by atoms with van der Waals surface area (Å²) in [5.41, 5.74) is 2.18. The van der Waals surface area contributed by atoms with Gasteiger partial charge in [0.2, 0.25) is 0 Å². The largest absolute Gasteiger partial charge is 0.378 e. The summed E-state index contributed by atoms with van der Waals surface area (Å²) in [6.45, 7) is 3.57. The van der Waals surface area contributed by atoms with Gasteiger partial charge in [-0.25, -0.2) is 9.37 Å². The van der Waals surface area contributed by atoms with Crippen molar-refractivity contribution in [3.8, 4) is 0 Å². The van der Waals surface area contributed by atoms with Crippen LogP contribution < -0.4 is 10.2 Å². The Morgan fingerprint density at radius 1 is 1.32 bits per heavy atom. The maximum absolute atomic E-state index is 14.3. The van der Waals surface area contributed by atoms with Crippen molar-refractivity contribution in [2.45, 2.75) is 20.1 Å². The van der Waals surface area contributed by atoms with E-state index in [0.717, 1.165) is 23.6 Å². The number of benzene rings is 1. The van der Waals surface area contributed by atoms with Crippen molar-refractivity contribution >= 4 is 17.3 Å². The second kappa shape index (κ2) is 7.43. The Balaban J connectivity index is 1.80. The molecule has 0 saturated carbocycles. The van der Waals surface area contributed by atoms with Crippen LogP contribution in [0.4, 0.5) is 15.9 Å². The maximum atomic E-state index is 14.3. The summed E-state index contributed by atoms with van der Waals surface area (Å²) in [4.78, 5) is 10.3. The molecular formula is C17H21FN6O. The van der Waals surface area contributed by atoms with Gasteiger partial charge in [0.1, 0.15) is 18.0 Å². The zero-order chi connectivity index (χ0) is 17.8. The molecule has 0 unspecified atom stereocenters. The molecule has 1 N–H and O–H groups in total. The first-order valence-corrected chi connectivity index (χ1v) is 8.04. The van der Waals surface area contributed by atoms with Gasteiger partial charge in [0.05, 0.1) is 18.0 Å². The number of nitrogens with one attached hydrogen (secondary N) is 1. The molecule has 0 saturated heterocycles. The molecule has 0 atom stereocenters. The van der Waals surface area contributed by atoms with E-state index in [1.165, 1.54) is 6.33 Å². The van der Waals surface area contributed by atoms with Crippen molar-refractivity contribution in [3.63, 3.8) is 0 Å². The van der Waals surface area contributed by atoms with Gasteiger partial charge in [0, 0.05) is 33.3 Å². The molecule has 0 aliphatic rings. The first-order chi connectivity index (χ1) is 12.1. The number of methoxy groups -OCH3 is 1. The lowest BCUT2D eigenvalue weighted by Gasteiger charge is -2.18. The number of hydrogen-bond donors (Lipinski definition) is 1. The van der Waals surface area contributed by atoms with E-state index in [0.29, 0.717) is 24.6 Å². The van der Waals surface area contributed by atoms with E-state index in [1.807, 2.05) is 31.0 Å². The Hall–Kier alpha value is -2.74. The summed E-state index contributed by atoms with van der Waals surface area (Å²) >= 11 is 0. The van der Waals surface area contributed by atoms with Crippen LogP contribution >= 0.6 is 0 Å². The Bertz CT molecular complexity index is 865. The summed E-state index contributed by atoms with van der Waals surface area (Å²) in [5.74, 6) is 0.984. The first-order valence-electron chi connectivity index (χ1n) is 8.04. The minimum atomic E-state index is -0.232. The van der Waals surface area contributed by atoms with Gasteiger partial charge in [-0.05, 0) is 24.6 Å². The highest BCUT2D eigenvalue weighted by atomic mass is 19.1. The molecule has 2 aromatic heterocycles. The molecule has 0 radical (unpaired) electrons. The summed E-state index contributed by atoms with van der Waals surface area (Å²) in [6.07, 6.45) is 1.44. The molecule has 7 nitrogen and oxygen atoms in total. The zero-order valence-corrected chi connectivity index (χ0v) is 14.5. The van der Waals surface area contributed by atoms with Crippen LogP contribution in [0.2, 0.25) is 0 Å². The van der Waals surface area contributed by atoms with Crippen molar-refractivity contribution in [3.05, 3.63) is 47.7 Å². The van der Waals surface area contributed by atoms with Gasteiger partial charge in [-0.1, -0.05) is 6.07 Å². The van der Waals surface area contributed by atoms with Crippen LogP contribution in [-0.4, -0.2) is 40.3 Å². The van der Waals surface area contributed by atoms with Crippen LogP contribution in [0.25, 0.3) is 5.78 Å². The van der Waals surface area contributed by atoms with E-state index < -0.39 is 0 Å². The standard InChI is InChI=1S/C17H21FN6O/c1-4-23(2)15-6-5-12(7-14(15)18)9-19-16-8-13(10-25-3)22-17-20-11-21-24(16)17/h5-8,11,19H,4,9-10H2,1-3H3. The monoisotopic (exact) mass is 344 g/mol. The number of anilines is 2. The van der Waals surface area contributed by atoms with Gasteiger partial charge in [0.15, 0.2) is 0 Å². The quantitative estimate of drug-likeness (QED) is 0.710. The average Bonchev–Trinajstić information content (AvgIpc) is 3.08. The fraction of sp³-hybridized carbons (Fsp3) is 0.353. The van der Waals surface area contributed by atoms with E-state index in [1.54, 1.807) is 23.8 Å². The highest BCUT2D eigenvalue weighted by Crippen LogP contribution is 2.20. The van der Waals surface area contributed by atoms with Crippen LogP contribution in [0.1, 0.15) is 18.2 Å². The lowest BCUT2D eigenvalue weighted by atomic mass is 10.2. The summed E-state index contributed by atoms with van der Waals surface area (Å²) in [7, 11) is 3.48. The van der Waals surface area contributed by atoms with E-state index in [-0.39, 0.29) is 5.82 Å². The fourth-order valence-electron chi connectivity index (χ4n) is 2.54. The topological polar surface area (TPSA) is 67.6 Å². The number of fused-ring (bicyclic) bond motifs is 1. The van der Waals surface area contributed by atoms with Crippen LogP contribution in [0.15, 0.2) is 30.6 Å². The Kier molecular flexibility index (Phi) is 5.08. The molecule has 25 heavy (non-hydrogen) atoms. The fourth-order valence-corrected chi connectivity index (χ4v) is 2.54. The van der Waals surface area contributed by atoms with Crippen LogP contribution in [-0.2, 0) is 17.9 Å². The minimum Gasteiger partial charge on any atom is -0.378 e. The second-order valence-corrected chi connectivity index (χ2v) is 5.69. The third-order valence-corrected chi connectivity index (χ3v) is 3.97. The zero-order valence-electron chi connectivity index (χ0n) is 14.5. The molecule has 8 heteroatoms. The maximum Gasteiger partial charge on any atom is 0.254 e. The SMILES string of the molecule is CCN(C)c1ccc(CNc2cc(COC)nc3ncnn23)cc1F. The minimum absolute atomic E-state index is 0.232. The molecule has 132 valence electrons. The third kappa shape index (κ3) is 3.69. The van der Waals surface area contributed by atoms with Crippen molar-refractivity contribution < 1.29 is 9.13 Å². The number of aromatic nitrogens is 4. The van der Waals surface area contributed by atoms with Gasteiger partial charge in [-0.15, -0.1) is 0 Å². The molecule has 2 heterocycles. The molecule has 0 aliphatic carbocycles. The normalized spacial score (nSPS) is 11.0. The van der Waals surface area contributed by atoms with Crippen molar-refractivity contribution in [2.75, 3.05) is 30.9 Å². The molecule has 0 aliphatic heterocycles. The van der Waals surface area contributed by atoms with Gasteiger partial charge >= 0.3 is 0 Å². The van der Waals surface area contributed by atoms with Crippen molar-refractivity contribution in [1.82, 2.24) is 19.6 Å². The predicted octanol–water partition coefficient (Wildman–Crippen LogP) is 2.48. The van der Waals surface area contributed by atoms with E-state index in [2.05, 4.69) is 20.4 Å². The highest BCUT2D eigenvalue weighted by molar-refractivity contribution is 5.50. The lowest BCUT2D eigenvalue weighted by molar-refractivity contribution is 0.181. The van der Waals surface area contributed by atoms with Gasteiger partial charge in [0.25, 0.3) is 5.78 Å². The van der Waals surface area contributed by atoms with E-state index in [9.17, 15) is 4.39 Å². The van der Waals surface area contributed by atoms with Crippen LogP contribution in [0.3, 0.4) is 0 Å². The average molecular weight is 344 g/mol. The van der Waals surface area contributed by atoms with Crippen LogP contribution in [0.5, 0.6) is 0 Å². The van der Waals surface area contributed by atoms with Crippen molar-refractivity contribution in [1.29, 1.82) is 0 Å². The van der Waals surface area contributed by atoms with Gasteiger partial charge in [-0.3, -0.25) is 0 Å². The molecule has 1 aromatic carbocycles. The molecule has 0 amide bonds. The number of ether oxygens (including phenoxy) is 1.